The van der Waals surface area contributed by atoms with Gasteiger partial charge in [-0.15, -0.1) is 0 Å². The van der Waals surface area contributed by atoms with Crippen LogP contribution in [0.3, 0.4) is 0 Å². The van der Waals surface area contributed by atoms with Crippen LogP contribution in [0, 0.1) is 15.9 Å². The van der Waals surface area contributed by atoms with Crippen LogP contribution in [0.25, 0.3) is 6.08 Å². The van der Waals surface area contributed by atoms with Crippen LogP contribution in [-0.2, 0) is 4.79 Å². The largest absolute Gasteiger partial charge is 0.490 e. The smallest absolute Gasteiger partial charge is 0.287 e. The standard InChI is InChI=1S/C23H16FN3O5S2/c1-2-31-19-11-14(7-9-18(19)32-21-10-8-15(13-25-21)27(29)30)12-20-22(28)26(23(33)34-20)17-6-4-3-5-16(17)24/h3-13H,2H2,1H3/b20-12+. The zero-order chi connectivity index (χ0) is 24.2. The number of thiocarbonyl (C=S) groups is 1. The van der Waals surface area contributed by atoms with E-state index in [0.29, 0.717) is 28.6 Å². The number of thioether (sulfide) groups is 1. The van der Waals surface area contributed by atoms with Crippen LogP contribution in [0.15, 0.2) is 65.7 Å². The summed E-state index contributed by atoms with van der Waals surface area (Å²) in [6, 6.07) is 13.6. The van der Waals surface area contributed by atoms with Gasteiger partial charge in [-0.25, -0.2) is 9.37 Å². The molecule has 172 valence electrons. The molecule has 2 aromatic carbocycles. The first kappa shape index (κ1) is 23.3. The van der Waals surface area contributed by atoms with Crippen LogP contribution >= 0.6 is 24.0 Å². The van der Waals surface area contributed by atoms with Gasteiger partial charge < -0.3 is 9.47 Å². The monoisotopic (exact) mass is 497 g/mol. The van der Waals surface area contributed by atoms with Gasteiger partial charge in [0.25, 0.3) is 11.6 Å². The molecule has 3 aromatic rings. The summed E-state index contributed by atoms with van der Waals surface area (Å²) in [7, 11) is 0. The summed E-state index contributed by atoms with van der Waals surface area (Å²) in [5.74, 6) is -0.0705. The fourth-order valence-corrected chi connectivity index (χ4v) is 4.37. The summed E-state index contributed by atoms with van der Waals surface area (Å²) in [5.41, 5.74) is 0.588. The highest BCUT2D eigenvalue weighted by Crippen LogP contribution is 2.38. The summed E-state index contributed by atoms with van der Waals surface area (Å²) < 4.78 is 25.8. The second-order valence-electron chi connectivity index (χ2n) is 6.82. The van der Waals surface area contributed by atoms with E-state index >= 15 is 0 Å². The Kier molecular flexibility index (Phi) is 6.85. The molecule has 0 unspecified atom stereocenters. The third-order valence-corrected chi connectivity index (χ3v) is 5.90. The third kappa shape index (κ3) is 4.90. The number of ether oxygens (including phenoxy) is 2. The molecule has 1 saturated heterocycles. The van der Waals surface area contributed by atoms with E-state index in [4.69, 9.17) is 21.7 Å². The molecule has 0 spiro atoms. The normalized spacial score (nSPS) is 14.5. The van der Waals surface area contributed by atoms with Gasteiger partial charge in [0.1, 0.15) is 12.0 Å². The van der Waals surface area contributed by atoms with Crippen molar-refractivity contribution in [3.05, 3.63) is 87.2 Å². The van der Waals surface area contributed by atoms with E-state index in [2.05, 4.69) is 4.98 Å². The third-order valence-electron chi connectivity index (χ3n) is 4.60. The number of nitrogens with zero attached hydrogens (tertiary/aromatic N) is 3. The lowest BCUT2D eigenvalue weighted by Crippen LogP contribution is -2.28. The van der Waals surface area contributed by atoms with Gasteiger partial charge >= 0.3 is 0 Å². The maximum Gasteiger partial charge on any atom is 0.287 e. The molecule has 0 aliphatic carbocycles. The van der Waals surface area contributed by atoms with Gasteiger partial charge in [0.05, 0.1) is 22.1 Å². The maximum absolute atomic E-state index is 14.2. The molecule has 1 amide bonds. The Balaban J connectivity index is 1.59. The van der Waals surface area contributed by atoms with Crippen LogP contribution in [0.1, 0.15) is 12.5 Å². The maximum atomic E-state index is 14.2. The minimum atomic E-state index is -0.550. The molecule has 4 rings (SSSR count). The first-order valence-electron chi connectivity index (χ1n) is 9.95. The molecular formula is C23H16FN3O5S2. The van der Waals surface area contributed by atoms with E-state index in [1.165, 1.54) is 35.2 Å². The van der Waals surface area contributed by atoms with Crippen molar-refractivity contribution in [1.82, 2.24) is 4.98 Å². The number of nitro groups is 1. The van der Waals surface area contributed by atoms with Crippen LogP contribution in [-0.4, -0.2) is 26.7 Å². The van der Waals surface area contributed by atoms with Crippen molar-refractivity contribution in [2.24, 2.45) is 0 Å². The number of pyridine rings is 1. The predicted octanol–water partition coefficient (Wildman–Crippen LogP) is 5.73. The summed E-state index contributed by atoms with van der Waals surface area (Å²) >= 11 is 6.38. The van der Waals surface area contributed by atoms with Crippen molar-refractivity contribution in [2.45, 2.75) is 6.92 Å². The van der Waals surface area contributed by atoms with E-state index in [1.807, 2.05) is 0 Å². The molecule has 1 aliphatic heterocycles. The highest BCUT2D eigenvalue weighted by atomic mass is 32.2. The van der Waals surface area contributed by atoms with Gasteiger partial charge in [0.2, 0.25) is 5.88 Å². The lowest BCUT2D eigenvalue weighted by atomic mass is 10.1. The minimum absolute atomic E-state index is 0.0998. The fraction of sp³-hybridized carbons (Fsp3) is 0.0870. The van der Waals surface area contributed by atoms with Gasteiger partial charge in [-0.1, -0.05) is 42.2 Å². The summed E-state index contributed by atoms with van der Waals surface area (Å²) in [4.78, 5) is 28.6. The Labute approximate surface area is 203 Å². The molecule has 0 radical (unpaired) electrons. The topological polar surface area (TPSA) is 94.8 Å². The highest BCUT2D eigenvalue weighted by Gasteiger charge is 2.34. The second-order valence-corrected chi connectivity index (χ2v) is 8.50. The molecule has 1 aliphatic rings. The number of halogens is 1. The molecule has 0 atom stereocenters. The van der Waals surface area contributed by atoms with Crippen LogP contribution in [0.4, 0.5) is 15.8 Å². The van der Waals surface area contributed by atoms with E-state index < -0.39 is 16.6 Å². The zero-order valence-corrected chi connectivity index (χ0v) is 19.3. The summed E-state index contributed by atoms with van der Waals surface area (Å²) in [6.45, 7) is 2.16. The highest BCUT2D eigenvalue weighted by molar-refractivity contribution is 8.27. The minimum Gasteiger partial charge on any atom is -0.490 e. The molecule has 0 saturated carbocycles. The molecule has 1 aromatic heterocycles. The predicted molar refractivity (Wildman–Crippen MR) is 131 cm³/mol. The van der Waals surface area contributed by atoms with Gasteiger partial charge in [0, 0.05) is 12.1 Å². The Bertz CT molecular complexity index is 1310. The van der Waals surface area contributed by atoms with E-state index in [0.717, 1.165) is 18.0 Å². The van der Waals surface area contributed by atoms with Crippen LogP contribution in [0.2, 0.25) is 0 Å². The molecule has 34 heavy (non-hydrogen) atoms. The van der Waals surface area contributed by atoms with Crippen LogP contribution < -0.4 is 14.4 Å². The van der Waals surface area contributed by atoms with Gasteiger partial charge in [-0.2, -0.15) is 0 Å². The van der Waals surface area contributed by atoms with E-state index in [1.54, 1.807) is 37.3 Å². The number of hydrogen-bond donors (Lipinski definition) is 0. The number of carbonyl (C=O) groups is 1. The Morgan fingerprint density at radius 2 is 2.00 bits per heavy atom. The molecule has 11 heteroatoms. The van der Waals surface area contributed by atoms with Crippen molar-refractivity contribution >= 4 is 51.7 Å². The van der Waals surface area contributed by atoms with E-state index in [9.17, 15) is 19.3 Å². The molecule has 2 heterocycles. The average molecular weight is 498 g/mol. The second kappa shape index (κ2) is 9.98. The Hall–Kier alpha value is -3.83. The first-order valence-corrected chi connectivity index (χ1v) is 11.2. The number of benzene rings is 2. The number of carbonyl (C=O) groups excluding carboxylic acids is 1. The zero-order valence-electron chi connectivity index (χ0n) is 17.6. The average Bonchev–Trinajstić information content (AvgIpc) is 3.09. The fourth-order valence-electron chi connectivity index (χ4n) is 3.08. The molecule has 0 bridgehead atoms. The van der Waals surface area contributed by atoms with Crippen LogP contribution in [0.5, 0.6) is 17.4 Å². The quantitative estimate of drug-likeness (QED) is 0.177. The van der Waals surface area contributed by atoms with Gasteiger partial charge in [-0.3, -0.25) is 19.8 Å². The van der Waals surface area contributed by atoms with Gasteiger partial charge in [-0.05, 0) is 42.8 Å². The molecule has 0 N–H and O–H groups in total. The van der Waals surface area contributed by atoms with E-state index in [-0.39, 0.29) is 21.6 Å². The summed E-state index contributed by atoms with van der Waals surface area (Å²) in [5, 5.41) is 10.8. The Morgan fingerprint density at radius 3 is 2.68 bits per heavy atom. The van der Waals surface area contributed by atoms with Crippen molar-refractivity contribution in [2.75, 3.05) is 11.5 Å². The molecule has 1 fully saturated rings. The number of rotatable bonds is 7. The number of para-hydroxylation sites is 1. The van der Waals surface area contributed by atoms with Crippen molar-refractivity contribution in [1.29, 1.82) is 0 Å². The van der Waals surface area contributed by atoms with Crippen molar-refractivity contribution < 1.29 is 23.6 Å². The summed E-state index contributed by atoms with van der Waals surface area (Å²) in [6.07, 6.45) is 2.73. The van der Waals surface area contributed by atoms with Crippen molar-refractivity contribution in [3.63, 3.8) is 0 Å². The first-order chi connectivity index (χ1) is 16.4. The molecular weight excluding hydrogens is 481 g/mol. The number of amides is 1. The lowest BCUT2D eigenvalue weighted by Gasteiger charge is -2.15. The SMILES string of the molecule is CCOc1cc(/C=C2/SC(=S)N(c3ccccc3F)C2=O)ccc1Oc1ccc([N+](=O)[O-])cn1. The number of aromatic nitrogens is 1. The Morgan fingerprint density at radius 1 is 1.21 bits per heavy atom. The number of hydrogen-bond acceptors (Lipinski definition) is 8. The van der Waals surface area contributed by atoms with Crippen molar-refractivity contribution in [3.8, 4) is 17.4 Å². The number of anilines is 1. The lowest BCUT2D eigenvalue weighted by molar-refractivity contribution is -0.385. The molecule has 8 nitrogen and oxygen atoms in total. The van der Waals surface area contributed by atoms with Gasteiger partial charge in [0.15, 0.2) is 15.8 Å².